The Kier molecular flexibility index (Phi) is 2.55. The molecule has 2 aliphatic rings. The van der Waals surface area contributed by atoms with Gasteiger partial charge in [0.15, 0.2) is 0 Å². The highest BCUT2D eigenvalue weighted by Crippen LogP contribution is 2.47. The Labute approximate surface area is 107 Å². The molecule has 2 N–H and O–H groups in total. The summed E-state index contributed by atoms with van der Waals surface area (Å²) < 4.78 is 5.10. The van der Waals surface area contributed by atoms with Crippen LogP contribution in [-0.2, 0) is 11.2 Å². The standard InChI is InChI=1S/C14H18N2O2/c1-18-12-4-2-10(3-5-12)6-13(17)16-8-11-7-14(11,15)9-16/h2-5,11H,6-9,15H2,1H3/t11-,14-/m1/s1. The van der Waals surface area contributed by atoms with Crippen LogP contribution in [0.3, 0.4) is 0 Å². The summed E-state index contributed by atoms with van der Waals surface area (Å²) in [6.45, 7) is 1.57. The van der Waals surface area contributed by atoms with Gasteiger partial charge in [-0.1, -0.05) is 12.1 Å². The summed E-state index contributed by atoms with van der Waals surface area (Å²) >= 11 is 0. The zero-order valence-corrected chi connectivity index (χ0v) is 10.6. The monoisotopic (exact) mass is 246 g/mol. The van der Waals surface area contributed by atoms with Crippen molar-refractivity contribution in [2.45, 2.75) is 18.4 Å². The number of nitrogens with two attached hydrogens (primary N) is 1. The molecule has 0 aromatic heterocycles. The molecule has 0 unspecified atom stereocenters. The molecule has 2 atom stereocenters. The Morgan fingerprint density at radius 3 is 2.78 bits per heavy atom. The first-order chi connectivity index (χ1) is 8.60. The number of piperidine rings is 1. The number of benzene rings is 1. The lowest BCUT2D eigenvalue weighted by molar-refractivity contribution is -0.130. The smallest absolute Gasteiger partial charge is 0.227 e. The van der Waals surface area contributed by atoms with E-state index >= 15 is 0 Å². The quantitative estimate of drug-likeness (QED) is 0.858. The van der Waals surface area contributed by atoms with E-state index in [1.165, 1.54) is 0 Å². The van der Waals surface area contributed by atoms with Crippen LogP contribution in [0, 0.1) is 5.92 Å². The number of hydrogen-bond acceptors (Lipinski definition) is 3. The van der Waals surface area contributed by atoms with Gasteiger partial charge in [0.25, 0.3) is 0 Å². The molecule has 3 rings (SSSR count). The maximum Gasteiger partial charge on any atom is 0.227 e. The molecule has 0 bridgehead atoms. The summed E-state index contributed by atoms with van der Waals surface area (Å²) in [6, 6.07) is 7.64. The lowest BCUT2D eigenvalue weighted by Crippen LogP contribution is -2.37. The third-order valence-electron chi connectivity index (χ3n) is 4.07. The first-order valence-electron chi connectivity index (χ1n) is 6.30. The van der Waals surface area contributed by atoms with Crippen LogP contribution >= 0.6 is 0 Å². The minimum atomic E-state index is -0.0600. The fourth-order valence-corrected chi connectivity index (χ4v) is 2.75. The molecule has 2 fully saturated rings. The fourth-order valence-electron chi connectivity index (χ4n) is 2.75. The molecule has 1 heterocycles. The summed E-state index contributed by atoms with van der Waals surface area (Å²) in [7, 11) is 1.64. The number of ether oxygens (including phenoxy) is 1. The molecule has 96 valence electrons. The topological polar surface area (TPSA) is 55.6 Å². The average Bonchev–Trinajstić information content (AvgIpc) is 2.88. The van der Waals surface area contributed by atoms with Gasteiger partial charge in [0.1, 0.15) is 5.75 Å². The second kappa shape index (κ2) is 3.99. The van der Waals surface area contributed by atoms with Crippen LogP contribution < -0.4 is 10.5 Å². The number of carbonyl (C=O) groups excluding carboxylic acids is 1. The summed E-state index contributed by atoms with van der Waals surface area (Å²) in [4.78, 5) is 14.0. The van der Waals surface area contributed by atoms with Crippen LogP contribution in [0.25, 0.3) is 0 Å². The molecular weight excluding hydrogens is 228 g/mol. The van der Waals surface area contributed by atoms with Crippen molar-refractivity contribution in [2.24, 2.45) is 11.7 Å². The van der Waals surface area contributed by atoms with Crippen molar-refractivity contribution in [3.63, 3.8) is 0 Å². The van der Waals surface area contributed by atoms with E-state index < -0.39 is 0 Å². The molecule has 1 saturated carbocycles. The lowest BCUT2D eigenvalue weighted by Gasteiger charge is -2.19. The number of nitrogens with zero attached hydrogens (tertiary/aromatic N) is 1. The van der Waals surface area contributed by atoms with Crippen molar-refractivity contribution in [2.75, 3.05) is 20.2 Å². The maximum absolute atomic E-state index is 12.1. The van der Waals surface area contributed by atoms with Crippen molar-refractivity contribution in [3.8, 4) is 5.75 Å². The predicted octanol–water partition coefficient (Wildman–Crippen LogP) is 0.797. The Balaban J connectivity index is 1.60. The average molecular weight is 246 g/mol. The Hall–Kier alpha value is -1.55. The van der Waals surface area contributed by atoms with Gasteiger partial charge in [-0.2, -0.15) is 0 Å². The molecule has 1 aromatic carbocycles. The summed E-state index contributed by atoms with van der Waals surface area (Å²) in [5.41, 5.74) is 7.06. The molecule has 1 aliphatic carbocycles. The number of fused-ring (bicyclic) bond motifs is 1. The van der Waals surface area contributed by atoms with E-state index in [4.69, 9.17) is 10.5 Å². The first-order valence-corrected chi connectivity index (χ1v) is 6.30. The van der Waals surface area contributed by atoms with E-state index in [0.29, 0.717) is 12.3 Å². The molecule has 1 aromatic rings. The summed E-state index contributed by atoms with van der Waals surface area (Å²) in [5, 5.41) is 0. The molecule has 1 amide bonds. The van der Waals surface area contributed by atoms with Crippen molar-refractivity contribution in [1.82, 2.24) is 4.90 Å². The van der Waals surface area contributed by atoms with Crippen LogP contribution in [0.1, 0.15) is 12.0 Å². The minimum absolute atomic E-state index is 0.0600. The van der Waals surface area contributed by atoms with Gasteiger partial charge < -0.3 is 15.4 Å². The van der Waals surface area contributed by atoms with Gasteiger partial charge in [-0.05, 0) is 30.0 Å². The van der Waals surface area contributed by atoms with Crippen molar-refractivity contribution in [1.29, 1.82) is 0 Å². The van der Waals surface area contributed by atoms with Gasteiger partial charge in [-0.25, -0.2) is 0 Å². The van der Waals surface area contributed by atoms with Gasteiger partial charge >= 0.3 is 0 Å². The minimum Gasteiger partial charge on any atom is -0.497 e. The molecular formula is C14H18N2O2. The van der Waals surface area contributed by atoms with E-state index in [9.17, 15) is 4.79 Å². The van der Waals surface area contributed by atoms with Crippen molar-refractivity contribution >= 4 is 5.91 Å². The molecule has 0 spiro atoms. The van der Waals surface area contributed by atoms with Crippen LogP contribution in [-0.4, -0.2) is 36.5 Å². The Morgan fingerprint density at radius 1 is 1.50 bits per heavy atom. The fraction of sp³-hybridized carbons (Fsp3) is 0.500. The maximum atomic E-state index is 12.1. The summed E-state index contributed by atoms with van der Waals surface area (Å²) in [6.07, 6.45) is 1.53. The van der Waals surface area contributed by atoms with Crippen LogP contribution in [0.2, 0.25) is 0 Å². The van der Waals surface area contributed by atoms with Gasteiger partial charge in [-0.15, -0.1) is 0 Å². The van der Waals surface area contributed by atoms with E-state index in [0.717, 1.165) is 30.8 Å². The number of amides is 1. The normalized spacial score (nSPS) is 29.0. The highest BCUT2D eigenvalue weighted by molar-refractivity contribution is 5.79. The second-order valence-corrected chi connectivity index (χ2v) is 5.43. The van der Waals surface area contributed by atoms with E-state index in [2.05, 4.69) is 0 Å². The molecule has 1 aliphatic heterocycles. The van der Waals surface area contributed by atoms with Crippen LogP contribution in [0.5, 0.6) is 5.75 Å². The predicted molar refractivity (Wildman–Crippen MR) is 68.3 cm³/mol. The Bertz CT molecular complexity index is 471. The van der Waals surface area contributed by atoms with Gasteiger partial charge in [0.2, 0.25) is 5.91 Å². The van der Waals surface area contributed by atoms with Crippen LogP contribution in [0.4, 0.5) is 0 Å². The lowest BCUT2D eigenvalue weighted by atomic mass is 10.1. The molecule has 0 radical (unpaired) electrons. The van der Waals surface area contributed by atoms with E-state index in [-0.39, 0.29) is 11.4 Å². The summed E-state index contributed by atoms with van der Waals surface area (Å²) in [5.74, 6) is 1.53. The van der Waals surface area contributed by atoms with Gasteiger partial charge in [0, 0.05) is 18.6 Å². The molecule has 4 heteroatoms. The molecule has 18 heavy (non-hydrogen) atoms. The highest BCUT2D eigenvalue weighted by atomic mass is 16.5. The first kappa shape index (κ1) is 11.5. The van der Waals surface area contributed by atoms with Crippen molar-refractivity contribution < 1.29 is 9.53 Å². The molecule has 1 saturated heterocycles. The van der Waals surface area contributed by atoms with Gasteiger partial charge in [0.05, 0.1) is 13.5 Å². The van der Waals surface area contributed by atoms with E-state index in [1.54, 1.807) is 7.11 Å². The SMILES string of the molecule is COc1ccc(CC(=O)N2C[C@H]3C[C@@]3(N)C2)cc1. The number of likely N-dealkylation sites (tertiary alicyclic amines) is 1. The zero-order valence-electron chi connectivity index (χ0n) is 10.6. The van der Waals surface area contributed by atoms with Crippen LogP contribution in [0.15, 0.2) is 24.3 Å². The number of hydrogen-bond donors (Lipinski definition) is 1. The number of rotatable bonds is 3. The third kappa shape index (κ3) is 1.97. The van der Waals surface area contributed by atoms with E-state index in [1.807, 2.05) is 29.2 Å². The number of methoxy groups -OCH3 is 1. The van der Waals surface area contributed by atoms with Crippen molar-refractivity contribution in [3.05, 3.63) is 29.8 Å². The highest BCUT2D eigenvalue weighted by Gasteiger charge is 2.58. The largest absolute Gasteiger partial charge is 0.497 e. The zero-order chi connectivity index (χ0) is 12.8. The Morgan fingerprint density at radius 2 is 2.22 bits per heavy atom. The third-order valence-corrected chi connectivity index (χ3v) is 4.07. The molecule has 4 nitrogen and oxygen atoms in total. The number of carbonyl (C=O) groups is 1. The second-order valence-electron chi connectivity index (χ2n) is 5.43. The van der Waals surface area contributed by atoms with Gasteiger partial charge in [-0.3, -0.25) is 4.79 Å².